The Balaban J connectivity index is 1.92. The zero-order chi connectivity index (χ0) is 13.3. The smallest absolute Gasteiger partial charge is 0.223 e. The first-order valence-electron chi connectivity index (χ1n) is 6.06. The molecule has 0 unspecified atom stereocenters. The molecular formula is C13H12BrFN4. The minimum absolute atomic E-state index is 0.285. The standard InChI is InChI=1S/C13H12BrFN4/c14-9-7-17-12(18-8-9)19-13(4-2-5-13)11-10(15)3-1-6-16-11/h1,3,6-8H,2,4-5H2,(H,17,18,19). The van der Waals surface area contributed by atoms with Crippen molar-refractivity contribution in [2.24, 2.45) is 0 Å². The summed E-state index contributed by atoms with van der Waals surface area (Å²) in [6.45, 7) is 0. The lowest BCUT2D eigenvalue weighted by Gasteiger charge is -2.42. The summed E-state index contributed by atoms with van der Waals surface area (Å²) in [5, 5.41) is 3.23. The van der Waals surface area contributed by atoms with E-state index in [1.54, 1.807) is 24.7 Å². The third-order valence-corrected chi connectivity index (χ3v) is 3.80. The van der Waals surface area contributed by atoms with Crippen LogP contribution in [0.3, 0.4) is 0 Å². The predicted octanol–water partition coefficient (Wildman–Crippen LogP) is 3.26. The summed E-state index contributed by atoms with van der Waals surface area (Å²) in [7, 11) is 0. The average Bonchev–Trinajstić information content (AvgIpc) is 2.37. The van der Waals surface area contributed by atoms with Crippen LogP contribution in [0.4, 0.5) is 10.3 Å². The Bertz CT molecular complexity index is 583. The van der Waals surface area contributed by atoms with Crippen molar-refractivity contribution in [3.05, 3.63) is 46.7 Å². The van der Waals surface area contributed by atoms with E-state index < -0.39 is 5.54 Å². The normalized spacial score (nSPS) is 16.7. The summed E-state index contributed by atoms with van der Waals surface area (Å²) >= 11 is 3.29. The molecule has 3 rings (SSSR count). The number of anilines is 1. The first-order valence-corrected chi connectivity index (χ1v) is 6.86. The van der Waals surface area contributed by atoms with Gasteiger partial charge in [-0.1, -0.05) is 0 Å². The molecule has 1 N–H and O–H groups in total. The minimum atomic E-state index is -0.473. The van der Waals surface area contributed by atoms with Crippen molar-refractivity contribution in [1.29, 1.82) is 0 Å². The van der Waals surface area contributed by atoms with E-state index in [-0.39, 0.29) is 5.82 Å². The SMILES string of the molecule is Fc1cccnc1C1(Nc2ncc(Br)cn2)CCC1. The summed E-state index contributed by atoms with van der Waals surface area (Å²) in [6, 6.07) is 3.04. The molecule has 0 aliphatic heterocycles. The average molecular weight is 323 g/mol. The van der Waals surface area contributed by atoms with Gasteiger partial charge in [-0.3, -0.25) is 4.98 Å². The monoisotopic (exact) mass is 322 g/mol. The molecule has 0 atom stereocenters. The van der Waals surface area contributed by atoms with Crippen LogP contribution >= 0.6 is 15.9 Å². The molecule has 6 heteroatoms. The topological polar surface area (TPSA) is 50.7 Å². The number of hydrogen-bond donors (Lipinski definition) is 1. The van der Waals surface area contributed by atoms with E-state index in [0.29, 0.717) is 11.6 Å². The summed E-state index contributed by atoms with van der Waals surface area (Å²) in [5.74, 6) is 0.208. The summed E-state index contributed by atoms with van der Waals surface area (Å²) in [6.07, 6.45) is 7.65. The van der Waals surface area contributed by atoms with Crippen molar-refractivity contribution in [1.82, 2.24) is 15.0 Å². The first kappa shape index (κ1) is 12.5. The molecule has 0 spiro atoms. The molecule has 1 saturated carbocycles. The highest BCUT2D eigenvalue weighted by molar-refractivity contribution is 9.10. The van der Waals surface area contributed by atoms with Crippen LogP contribution in [-0.4, -0.2) is 15.0 Å². The molecule has 1 aliphatic carbocycles. The maximum Gasteiger partial charge on any atom is 0.223 e. The fraction of sp³-hybridized carbons (Fsp3) is 0.308. The molecule has 1 aliphatic rings. The molecule has 0 bridgehead atoms. The van der Waals surface area contributed by atoms with Gasteiger partial charge in [-0.15, -0.1) is 0 Å². The van der Waals surface area contributed by atoms with Crippen molar-refractivity contribution in [2.45, 2.75) is 24.8 Å². The molecule has 2 heterocycles. The fourth-order valence-corrected chi connectivity index (χ4v) is 2.48. The van der Waals surface area contributed by atoms with E-state index in [1.165, 1.54) is 6.07 Å². The molecular weight excluding hydrogens is 311 g/mol. The van der Waals surface area contributed by atoms with Crippen molar-refractivity contribution in [2.75, 3.05) is 5.32 Å². The first-order chi connectivity index (χ1) is 9.20. The van der Waals surface area contributed by atoms with Gasteiger partial charge in [0.05, 0.1) is 10.0 Å². The number of rotatable bonds is 3. The molecule has 98 valence electrons. The van der Waals surface area contributed by atoms with Crippen LogP contribution < -0.4 is 5.32 Å². The van der Waals surface area contributed by atoms with Gasteiger partial charge >= 0.3 is 0 Å². The largest absolute Gasteiger partial charge is 0.343 e. The Morgan fingerprint density at radius 1 is 1.21 bits per heavy atom. The van der Waals surface area contributed by atoms with Gasteiger partial charge in [0, 0.05) is 18.6 Å². The maximum absolute atomic E-state index is 13.9. The summed E-state index contributed by atoms with van der Waals surface area (Å²) in [4.78, 5) is 12.5. The minimum Gasteiger partial charge on any atom is -0.343 e. The van der Waals surface area contributed by atoms with Crippen molar-refractivity contribution < 1.29 is 4.39 Å². The van der Waals surface area contributed by atoms with Gasteiger partial charge in [-0.2, -0.15) is 0 Å². The lowest BCUT2D eigenvalue weighted by molar-refractivity contribution is 0.264. The van der Waals surface area contributed by atoms with Crippen molar-refractivity contribution in [3.8, 4) is 0 Å². The van der Waals surface area contributed by atoms with E-state index in [9.17, 15) is 4.39 Å². The number of pyridine rings is 1. The molecule has 2 aromatic rings. The van der Waals surface area contributed by atoms with Crippen LogP contribution in [-0.2, 0) is 5.54 Å². The number of nitrogens with zero attached hydrogens (tertiary/aromatic N) is 3. The van der Waals surface area contributed by atoms with E-state index in [0.717, 1.165) is 23.7 Å². The Kier molecular flexibility index (Phi) is 3.18. The van der Waals surface area contributed by atoms with Crippen LogP contribution in [0.15, 0.2) is 35.2 Å². The third-order valence-electron chi connectivity index (χ3n) is 3.39. The maximum atomic E-state index is 13.9. The number of aromatic nitrogens is 3. The van der Waals surface area contributed by atoms with Gasteiger partial charge < -0.3 is 5.32 Å². The molecule has 0 amide bonds. The molecule has 0 radical (unpaired) electrons. The zero-order valence-corrected chi connectivity index (χ0v) is 11.7. The molecule has 0 aromatic carbocycles. The second-order valence-corrected chi connectivity index (χ2v) is 5.54. The predicted molar refractivity (Wildman–Crippen MR) is 73.1 cm³/mol. The Labute approximate surface area is 118 Å². The highest BCUT2D eigenvalue weighted by atomic mass is 79.9. The van der Waals surface area contributed by atoms with Gasteiger partial charge in [-0.05, 0) is 47.3 Å². The van der Waals surface area contributed by atoms with E-state index in [1.807, 2.05) is 0 Å². The van der Waals surface area contributed by atoms with Gasteiger partial charge in [0.25, 0.3) is 0 Å². The van der Waals surface area contributed by atoms with E-state index in [4.69, 9.17) is 0 Å². The number of hydrogen-bond acceptors (Lipinski definition) is 4. The number of nitrogens with one attached hydrogen (secondary N) is 1. The Morgan fingerprint density at radius 3 is 2.53 bits per heavy atom. The summed E-state index contributed by atoms with van der Waals surface area (Å²) < 4.78 is 14.7. The van der Waals surface area contributed by atoms with Crippen LogP contribution in [0.25, 0.3) is 0 Å². The number of halogens is 2. The highest BCUT2D eigenvalue weighted by Crippen LogP contribution is 2.43. The molecule has 1 fully saturated rings. The van der Waals surface area contributed by atoms with Gasteiger partial charge in [0.1, 0.15) is 11.5 Å². The second-order valence-electron chi connectivity index (χ2n) is 4.62. The lowest BCUT2D eigenvalue weighted by atomic mass is 9.74. The fourth-order valence-electron chi connectivity index (χ4n) is 2.28. The lowest BCUT2D eigenvalue weighted by Crippen LogP contribution is -2.44. The van der Waals surface area contributed by atoms with Crippen LogP contribution in [0, 0.1) is 5.82 Å². The van der Waals surface area contributed by atoms with Crippen LogP contribution in [0.2, 0.25) is 0 Å². The molecule has 4 nitrogen and oxygen atoms in total. The van der Waals surface area contributed by atoms with Crippen molar-refractivity contribution in [3.63, 3.8) is 0 Å². The Morgan fingerprint density at radius 2 is 1.95 bits per heavy atom. The van der Waals surface area contributed by atoms with Gasteiger partial charge in [0.15, 0.2) is 0 Å². The second kappa shape index (κ2) is 4.85. The molecule has 2 aromatic heterocycles. The molecule has 19 heavy (non-hydrogen) atoms. The van der Waals surface area contributed by atoms with Crippen LogP contribution in [0.5, 0.6) is 0 Å². The zero-order valence-electron chi connectivity index (χ0n) is 10.1. The van der Waals surface area contributed by atoms with Crippen molar-refractivity contribution >= 4 is 21.9 Å². The Hall–Kier alpha value is -1.56. The van der Waals surface area contributed by atoms with Crippen LogP contribution in [0.1, 0.15) is 25.0 Å². The van der Waals surface area contributed by atoms with E-state index in [2.05, 4.69) is 36.2 Å². The molecule has 0 saturated heterocycles. The third kappa shape index (κ3) is 2.32. The van der Waals surface area contributed by atoms with E-state index >= 15 is 0 Å². The quantitative estimate of drug-likeness (QED) is 0.942. The summed E-state index contributed by atoms with van der Waals surface area (Å²) in [5.41, 5.74) is -0.0214. The van der Waals surface area contributed by atoms with Gasteiger partial charge in [-0.25, -0.2) is 14.4 Å². The highest BCUT2D eigenvalue weighted by Gasteiger charge is 2.42. The van der Waals surface area contributed by atoms with Gasteiger partial charge in [0.2, 0.25) is 5.95 Å².